The summed E-state index contributed by atoms with van der Waals surface area (Å²) in [5.74, 6) is 0. The number of hydrazone groups is 1. The number of rotatable bonds is 1. The lowest BCUT2D eigenvalue weighted by atomic mass is 10.2. The van der Waals surface area contributed by atoms with Crippen LogP contribution in [0.5, 0.6) is 0 Å². The Morgan fingerprint density at radius 3 is 2.62 bits per heavy atom. The third kappa shape index (κ3) is 2.18. The lowest BCUT2D eigenvalue weighted by Crippen LogP contribution is -2.39. The summed E-state index contributed by atoms with van der Waals surface area (Å²) in [4.78, 5) is 0. The van der Waals surface area contributed by atoms with E-state index in [2.05, 4.69) is 10.1 Å². The molecule has 2 aliphatic rings. The monoisotopic (exact) mass is 177 g/mol. The molecule has 2 rings (SSSR count). The second kappa shape index (κ2) is 4.23. The topological polar surface area (TPSA) is 18.8 Å². The van der Waals surface area contributed by atoms with Crippen LogP contribution in [0.1, 0.15) is 19.3 Å². The van der Waals surface area contributed by atoms with Gasteiger partial charge in [0, 0.05) is 25.5 Å². The first-order chi connectivity index (χ1) is 6.47. The number of allylic oxidation sites excluding steroid dienone is 3. The second-order valence-corrected chi connectivity index (χ2v) is 3.33. The van der Waals surface area contributed by atoms with Crippen molar-refractivity contribution in [3.63, 3.8) is 0 Å². The summed E-state index contributed by atoms with van der Waals surface area (Å²) in [6.07, 6.45) is 13.7. The molecule has 3 nitrogen and oxygen atoms in total. The normalized spacial score (nSPS) is 23.5. The van der Waals surface area contributed by atoms with Gasteiger partial charge in [-0.05, 0) is 25.0 Å². The van der Waals surface area contributed by atoms with Crippen molar-refractivity contribution in [1.29, 1.82) is 0 Å². The molecule has 2 aliphatic heterocycles. The molecule has 0 bridgehead atoms. The zero-order valence-electron chi connectivity index (χ0n) is 7.76. The number of nitrogens with zero attached hydrogens (tertiary/aromatic N) is 3. The van der Waals surface area contributed by atoms with Crippen molar-refractivity contribution in [2.45, 2.75) is 19.3 Å². The molecule has 0 unspecified atom stereocenters. The summed E-state index contributed by atoms with van der Waals surface area (Å²) in [5, 5.41) is 8.53. The van der Waals surface area contributed by atoms with Crippen LogP contribution in [0.4, 0.5) is 0 Å². The molecule has 0 atom stereocenters. The van der Waals surface area contributed by atoms with E-state index in [9.17, 15) is 0 Å². The lowest BCUT2D eigenvalue weighted by molar-refractivity contribution is 0.00696. The van der Waals surface area contributed by atoms with Gasteiger partial charge < -0.3 is 0 Å². The summed E-state index contributed by atoms with van der Waals surface area (Å²) in [7, 11) is 0. The van der Waals surface area contributed by atoms with Gasteiger partial charge in [-0.3, -0.25) is 0 Å². The zero-order valence-corrected chi connectivity index (χ0v) is 7.76. The summed E-state index contributed by atoms with van der Waals surface area (Å²) in [6, 6.07) is 0. The van der Waals surface area contributed by atoms with Crippen molar-refractivity contribution in [2.75, 3.05) is 13.1 Å². The van der Waals surface area contributed by atoms with Crippen LogP contribution in [0, 0.1) is 0 Å². The van der Waals surface area contributed by atoms with Crippen molar-refractivity contribution < 1.29 is 0 Å². The van der Waals surface area contributed by atoms with Crippen molar-refractivity contribution in [3.8, 4) is 0 Å². The highest BCUT2D eigenvalue weighted by Crippen LogP contribution is 2.12. The maximum Gasteiger partial charge on any atom is 0.0490 e. The first-order valence-electron chi connectivity index (χ1n) is 4.88. The molecule has 0 aliphatic carbocycles. The van der Waals surface area contributed by atoms with Gasteiger partial charge in [-0.25, -0.2) is 10.1 Å². The summed E-state index contributed by atoms with van der Waals surface area (Å²) in [6.45, 7) is 2.25. The molecule has 0 aromatic heterocycles. The Bertz CT molecular complexity index is 221. The lowest BCUT2D eigenvalue weighted by Gasteiger charge is -2.32. The van der Waals surface area contributed by atoms with Crippen molar-refractivity contribution >= 4 is 6.21 Å². The SMILES string of the molecule is C1=CC=NN(N2CCCCC2)C=C1. The van der Waals surface area contributed by atoms with Crippen molar-refractivity contribution in [3.05, 3.63) is 24.4 Å². The third-order valence-corrected chi connectivity index (χ3v) is 2.33. The number of hydrogen-bond acceptors (Lipinski definition) is 3. The molecule has 0 spiro atoms. The molecular weight excluding hydrogens is 162 g/mol. The van der Waals surface area contributed by atoms with Crippen LogP contribution in [-0.2, 0) is 0 Å². The van der Waals surface area contributed by atoms with Gasteiger partial charge in [0.25, 0.3) is 0 Å². The zero-order chi connectivity index (χ0) is 8.93. The largest absolute Gasteiger partial charge is 0.202 e. The van der Waals surface area contributed by atoms with Crippen LogP contribution < -0.4 is 0 Å². The highest BCUT2D eigenvalue weighted by Gasteiger charge is 2.14. The van der Waals surface area contributed by atoms with E-state index >= 15 is 0 Å². The Labute approximate surface area is 79.0 Å². The molecule has 2 heterocycles. The molecule has 0 amide bonds. The van der Waals surface area contributed by atoms with Gasteiger partial charge in [0.15, 0.2) is 0 Å². The Balaban J connectivity index is 1.98. The van der Waals surface area contributed by atoms with E-state index in [1.165, 1.54) is 19.3 Å². The van der Waals surface area contributed by atoms with Gasteiger partial charge in [0.05, 0.1) is 0 Å². The fourth-order valence-corrected chi connectivity index (χ4v) is 1.64. The third-order valence-electron chi connectivity index (χ3n) is 2.33. The highest BCUT2D eigenvalue weighted by atomic mass is 15.8. The van der Waals surface area contributed by atoms with E-state index in [0.29, 0.717) is 0 Å². The fraction of sp³-hybridized carbons (Fsp3) is 0.500. The van der Waals surface area contributed by atoms with E-state index in [1.54, 1.807) is 0 Å². The van der Waals surface area contributed by atoms with Gasteiger partial charge in [0.2, 0.25) is 0 Å². The maximum atomic E-state index is 4.31. The molecule has 1 fully saturated rings. The summed E-state index contributed by atoms with van der Waals surface area (Å²) in [5.41, 5.74) is 0. The first kappa shape index (κ1) is 8.51. The predicted molar refractivity (Wildman–Crippen MR) is 54.0 cm³/mol. The van der Waals surface area contributed by atoms with Crippen LogP contribution in [0.25, 0.3) is 0 Å². The molecule has 13 heavy (non-hydrogen) atoms. The summed E-state index contributed by atoms with van der Waals surface area (Å²) >= 11 is 0. The van der Waals surface area contributed by atoms with Crippen LogP contribution in [0.2, 0.25) is 0 Å². The minimum absolute atomic E-state index is 1.13. The minimum atomic E-state index is 1.13. The van der Waals surface area contributed by atoms with E-state index in [-0.39, 0.29) is 0 Å². The average Bonchev–Trinajstić information content (AvgIpc) is 2.47. The van der Waals surface area contributed by atoms with Crippen molar-refractivity contribution in [2.24, 2.45) is 5.10 Å². The van der Waals surface area contributed by atoms with E-state index in [1.807, 2.05) is 35.8 Å². The number of piperidine rings is 1. The number of hydrogen-bond donors (Lipinski definition) is 0. The average molecular weight is 177 g/mol. The Hall–Kier alpha value is -1.09. The van der Waals surface area contributed by atoms with E-state index in [4.69, 9.17) is 0 Å². The molecule has 0 radical (unpaired) electrons. The summed E-state index contributed by atoms with van der Waals surface area (Å²) < 4.78 is 0. The van der Waals surface area contributed by atoms with Gasteiger partial charge in [0.1, 0.15) is 0 Å². The van der Waals surface area contributed by atoms with Crippen LogP contribution in [0.3, 0.4) is 0 Å². The second-order valence-electron chi connectivity index (χ2n) is 3.33. The van der Waals surface area contributed by atoms with Gasteiger partial charge in [-0.2, -0.15) is 5.10 Å². The van der Waals surface area contributed by atoms with Crippen LogP contribution >= 0.6 is 0 Å². The molecule has 70 valence electrons. The van der Waals surface area contributed by atoms with Gasteiger partial charge >= 0.3 is 0 Å². The smallest absolute Gasteiger partial charge is 0.0490 e. The van der Waals surface area contributed by atoms with Gasteiger partial charge in [-0.15, -0.1) is 0 Å². The predicted octanol–water partition coefficient (Wildman–Crippen LogP) is 1.76. The molecule has 0 N–H and O–H groups in total. The molecular formula is C10H15N3. The van der Waals surface area contributed by atoms with E-state index < -0.39 is 0 Å². The number of hydrazine groups is 1. The Morgan fingerprint density at radius 2 is 1.77 bits per heavy atom. The fourth-order valence-electron chi connectivity index (χ4n) is 1.64. The van der Waals surface area contributed by atoms with Gasteiger partial charge in [-0.1, -0.05) is 12.5 Å². The maximum absolute atomic E-state index is 4.31. The minimum Gasteiger partial charge on any atom is -0.202 e. The first-order valence-corrected chi connectivity index (χ1v) is 4.88. The van der Waals surface area contributed by atoms with Crippen LogP contribution in [-0.4, -0.2) is 29.4 Å². The quantitative estimate of drug-likeness (QED) is 0.607. The van der Waals surface area contributed by atoms with Crippen molar-refractivity contribution in [1.82, 2.24) is 10.1 Å². The Kier molecular flexibility index (Phi) is 2.77. The molecule has 3 heteroatoms. The molecule has 0 aromatic rings. The van der Waals surface area contributed by atoms with Crippen LogP contribution in [0.15, 0.2) is 29.5 Å². The molecule has 0 saturated carbocycles. The molecule has 0 aromatic carbocycles. The van der Waals surface area contributed by atoms with E-state index in [0.717, 1.165) is 13.1 Å². The standard InChI is InChI=1S/C10H15N3/c1-3-7-11-13(10-6-1)12-8-4-2-5-9-12/h1,3,6-7,10H,2,4-5,8-9H2. The highest BCUT2D eigenvalue weighted by molar-refractivity contribution is 5.71. The molecule has 1 saturated heterocycles. The Morgan fingerprint density at radius 1 is 0.923 bits per heavy atom.